The summed E-state index contributed by atoms with van der Waals surface area (Å²) in [5.74, 6) is 0.888. The third-order valence-corrected chi connectivity index (χ3v) is 3.83. The number of rotatable bonds is 4. The predicted molar refractivity (Wildman–Crippen MR) is 94.8 cm³/mol. The first-order valence-corrected chi connectivity index (χ1v) is 8.04. The first-order valence-electron chi connectivity index (χ1n) is 8.04. The molecule has 26 heavy (non-hydrogen) atoms. The van der Waals surface area contributed by atoms with Crippen LogP contribution in [0.2, 0.25) is 0 Å². The fourth-order valence-corrected chi connectivity index (χ4v) is 2.39. The summed E-state index contributed by atoms with van der Waals surface area (Å²) in [6, 6.07) is 10.8. The van der Waals surface area contributed by atoms with E-state index in [1.165, 1.54) is 24.3 Å². The molecule has 1 amide bonds. The van der Waals surface area contributed by atoms with E-state index in [1.54, 1.807) is 6.92 Å². The Labute approximate surface area is 149 Å². The van der Waals surface area contributed by atoms with Gasteiger partial charge in [-0.1, -0.05) is 0 Å². The van der Waals surface area contributed by atoms with Gasteiger partial charge < -0.3 is 9.47 Å². The van der Waals surface area contributed by atoms with Gasteiger partial charge in [0.1, 0.15) is 0 Å². The van der Waals surface area contributed by atoms with Crippen LogP contribution in [0, 0.1) is 10.1 Å². The van der Waals surface area contributed by atoms with Crippen LogP contribution in [0.4, 0.5) is 5.69 Å². The molecule has 1 aliphatic rings. The molecule has 0 radical (unpaired) electrons. The van der Waals surface area contributed by atoms with E-state index in [2.05, 4.69) is 10.5 Å². The van der Waals surface area contributed by atoms with Gasteiger partial charge in [0.05, 0.1) is 23.8 Å². The van der Waals surface area contributed by atoms with Crippen LogP contribution in [0.25, 0.3) is 0 Å². The molecular formula is C18H17N3O5. The lowest BCUT2D eigenvalue weighted by Crippen LogP contribution is -2.19. The number of carbonyl (C=O) groups is 1. The van der Waals surface area contributed by atoms with Gasteiger partial charge in [-0.15, -0.1) is 0 Å². The molecule has 0 aromatic heterocycles. The molecule has 0 saturated heterocycles. The van der Waals surface area contributed by atoms with Gasteiger partial charge in [0.15, 0.2) is 11.5 Å². The first kappa shape index (κ1) is 17.4. The number of hydrogen-bond acceptors (Lipinski definition) is 6. The maximum Gasteiger partial charge on any atom is 0.271 e. The summed E-state index contributed by atoms with van der Waals surface area (Å²) >= 11 is 0. The lowest BCUT2D eigenvalue weighted by atomic mass is 10.1. The first-order chi connectivity index (χ1) is 12.5. The minimum atomic E-state index is -0.520. The normalized spacial score (nSPS) is 13.7. The molecule has 8 heteroatoms. The number of non-ortho nitro benzene ring substituents is 1. The van der Waals surface area contributed by atoms with Crippen LogP contribution in [0.15, 0.2) is 47.6 Å². The zero-order valence-corrected chi connectivity index (χ0v) is 14.1. The fraction of sp³-hybridized carbons (Fsp3) is 0.222. The third-order valence-electron chi connectivity index (χ3n) is 3.83. The predicted octanol–water partition coefficient (Wildman–Crippen LogP) is 2.91. The van der Waals surface area contributed by atoms with Gasteiger partial charge >= 0.3 is 0 Å². The zero-order valence-electron chi connectivity index (χ0n) is 14.1. The van der Waals surface area contributed by atoms with E-state index in [1.807, 2.05) is 18.2 Å². The lowest BCUT2D eigenvalue weighted by molar-refractivity contribution is -0.384. The number of nitro groups is 1. The molecular weight excluding hydrogens is 338 g/mol. The van der Waals surface area contributed by atoms with Crippen molar-refractivity contribution in [2.24, 2.45) is 5.10 Å². The van der Waals surface area contributed by atoms with Crippen molar-refractivity contribution in [3.05, 3.63) is 63.7 Å². The van der Waals surface area contributed by atoms with Crippen molar-refractivity contribution in [3.63, 3.8) is 0 Å². The summed E-state index contributed by atoms with van der Waals surface area (Å²) in [5, 5.41) is 14.7. The summed E-state index contributed by atoms with van der Waals surface area (Å²) in [5.41, 5.74) is 4.04. The number of nitrogens with zero attached hydrogens (tertiary/aromatic N) is 2. The van der Waals surface area contributed by atoms with Crippen LogP contribution in [-0.4, -0.2) is 29.8 Å². The van der Waals surface area contributed by atoms with E-state index in [0.29, 0.717) is 30.4 Å². The van der Waals surface area contributed by atoms with Crippen molar-refractivity contribution in [3.8, 4) is 11.5 Å². The van der Waals surface area contributed by atoms with Crippen molar-refractivity contribution in [1.29, 1.82) is 0 Å². The van der Waals surface area contributed by atoms with Crippen LogP contribution >= 0.6 is 0 Å². The van der Waals surface area contributed by atoms with Crippen molar-refractivity contribution >= 4 is 17.3 Å². The molecule has 0 aliphatic carbocycles. The Hall–Kier alpha value is -3.42. The van der Waals surface area contributed by atoms with Crippen molar-refractivity contribution in [2.45, 2.75) is 13.3 Å². The Balaban J connectivity index is 1.70. The van der Waals surface area contributed by atoms with E-state index >= 15 is 0 Å². The Morgan fingerprint density at radius 2 is 1.73 bits per heavy atom. The Bertz CT molecular complexity index is 862. The molecule has 1 heterocycles. The van der Waals surface area contributed by atoms with Gasteiger partial charge in [0.25, 0.3) is 11.6 Å². The second-order valence-electron chi connectivity index (χ2n) is 5.65. The summed E-state index contributed by atoms with van der Waals surface area (Å²) in [7, 11) is 0. The van der Waals surface area contributed by atoms with Gasteiger partial charge in [-0.25, -0.2) is 5.43 Å². The smallest absolute Gasteiger partial charge is 0.271 e. The van der Waals surface area contributed by atoms with Crippen LogP contribution in [0.5, 0.6) is 11.5 Å². The van der Waals surface area contributed by atoms with E-state index in [-0.39, 0.29) is 11.3 Å². The van der Waals surface area contributed by atoms with E-state index < -0.39 is 10.8 Å². The minimum absolute atomic E-state index is 0.0755. The SMILES string of the molecule is C/C(=N/NC(=O)c1ccc([N+](=O)[O-])cc1)c1ccc2c(c1)OCCCO2. The topological polar surface area (TPSA) is 103 Å². The lowest BCUT2D eigenvalue weighted by Gasteiger charge is -2.09. The monoisotopic (exact) mass is 355 g/mol. The largest absolute Gasteiger partial charge is 0.490 e. The summed E-state index contributed by atoms with van der Waals surface area (Å²) < 4.78 is 11.2. The number of benzene rings is 2. The minimum Gasteiger partial charge on any atom is -0.490 e. The molecule has 134 valence electrons. The molecule has 2 aromatic rings. The average molecular weight is 355 g/mol. The van der Waals surface area contributed by atoms with E-state index in [0.717, 1.165) is 12.0 Å². The number of hydrogen-bond donors (Lipinski definition) is 1. The molecule has 0 bridgehead atoms. The highest BCUT2D eigenvalue weighted by Gasteiger charge is 2.12. The van der Waals surface area contributed by atoms with Crippen molar-refractivity contribution < 1.29 is 19.2 Å². The number of fused-ring (bicyclic) bond motifs is 1. The summed E-state index contributed by atoms with van der Waals surface area (Å²) in [6.07, 6.45) is 0.822. The summed E-state index contributed by atoms with van der Waals surface area (Å²) in [6.45, 7) is 2.96. The van der Waals surface area contributed by atoms with Crippen LogP contribution in [-0.2, 0) is 0 Å². The van der Waals surface area contributed by atoms with E-state index in [4.69, 9.17) is 9.47 Å². The molecule has 3 rings (SSSR count). The Kier molecular flexibility index (Phi) is 5.12. The van der Waals surface area contributed by atoms with Gasteiger partial charge in [-0.3, -0.25) is 14.9 Å². The van der Waals surface area contributed by atoms with Crippen LogP contribution in [0.1, 0.15) is 29.3 Å². The fourth-order valence-electron chi connectivity index (χ4n) is 2.39. The van der Waals surface area contributed by atoms with Gasteiger partial charge in [0, 0.05) is 29.7 Å². The molecule has 0 atom stereocenters. The molecule has 0 fully saturated rings. The number of nitrogens with one attached hydrogen (secondary N) is 1. The molecule has 1 aliphatic heterocycles. The van der Waals surface area contributed by atoms with Crippen LogP contribution in [0.3, 0.4) is 0 Å². The van der Waals surface area contributed by atoms with Crippen molar-refractivity contribution in [1.82, 2.24) is 5.43 Å². The molecule has 0 saturated carbocycles. The highest BCUT2D eigenvalue weighted by atomic mass is 16.6. The molecule has 8 nitrogen and oxygen atoms in total. The third kappa shape index (κ3) is 3.97. The second kappa shape index (κ2) is 7.64. The van der Waals surface area contributed by atoms with E-state index in [9.17, 15) is 14.9 Å². The number of amides is 1. The zero-order chi connectivity index (χ0) is 18.5. The Morgan fingerprint density at radius 1 is 1.08 bits per heavy atom. The molecule has 0 unspecified atom stereocenters. The molecule has 2 aromatic carbocycles. The second-order valence-corrected chi connectivity index (χ2v) is 5.65. The van der Waals surface area contributed by atoms with Gasteiger partial charge in [-0.05, 0) is 37.3 Å². The summed E-state index contributed by atoms with van der Waals surface area (Å²) in [4.78, 5) is 22.2. The standard InChI is InChI=1S/C18H17N3O5/c1-12(14-5-8-16-17(11-14)26-10-2-9-25-16)19-20-18(22)13-3-6-15(7-4-13)21(23)24/h3-8,11H,2,9-10H2,1H3,(H,20,22)/b19-12-. The number of carbonyl (C=O) groups excluding carboxylic acids is 1. The van der Waals surface area contributed by atoms with Crippen molar-refractivity contribution in [2.75, 3.05) is 13.2 Å². The van der Waals surface area contributed by atoms with Crippen LogP contribution < -0.4 is 14.9 Å². The maximum absolute atomic E-state index is 12.1. The van der Waals surface area contributed by atoms with Gasteiger partial charge in [0.2, 0.25) is 0 Å². The average Bonchev–Trinajstić information content (AvgIpc) is 2.90. The highest BCUT2D eigenvalue weighted by molar-refractivity contribution is 6.01. The Morgan fingerprint density at radius 3 is 2.42 bits per heavy atom. The number of hydrazone groups is 1. The number of nitro benzene ring substituents is 1. The highest BCUT2D eigenvalue weighted by Crippen LogP contribution is 2.30. The maximum atomic E-state index is 12.1. The van der Waals surface area contributed by atoms with Gasteiger partial charge in [-0.2, -0.15) is 5.10 Å². The molecule has 1 N–H and O–H groups in total. The molecule has 0 spiro atoms. The quantitative estimate of drug-likeness (QED) is 0.516. The number of ether oxygens (including phenoxy) is 2.